The van der Waals surface area contributed by atoms with E-state index in [1.807, 2.05) is 13.1 Å². The highest BCUT2D eigenvalue weighted by molar-refractivity contribution is 5.76. The zero-order valence-corrected chi connectivity index (χ0v) is 14.4. The van der Waals surface area contributed by atoms with Crippen LogP contribution in [0, 0.1) is 13.8 Å². The van der Waals surface area contributed by atoms with Crippen molar-refractivity contribution >= 4 is 5.91 Å². The minimum atomic E-state index is -0.495. The number of amides is 1. The Morgan fingerprint density at radius 3 is 2.62 bits per heavy atom. The molecule has 0 bridgehead atoms. The summed E-state index contributed by atoms with van der Waals surface area (Å²) in [5.41, 5.74) is 0.601. The lowest BCUT2D eigenvalue weighted by Crippen LogP contribution is -2.46. The third-order valence-electron chi connectivity index (χ3n) is 4.62. The predicted octanol–water partition coefficient (Wildman–Crippen LogP) is 2.64. The second-order valence-corrected chi connectivity index (χ2v) is 6.71. The molecule has 2 aromatic heterocycles. The van der Waals surface area contributed by atoms with Crippen LogP contribution in [0.3, 0.4) is 0 Å². The first kappa shape index (κ1) is 16.7. The van der Waals surface area contributed by atoms with Gasteiger partial charge in [0.2, 0.25) is 11.8 Å². The number of rotatable bonds is 5. The lowest BCUT2D eigenvalue weighted by molar-refractivity contribution is -0.123. The van der Waals surface area contributed by atoms with Gasteiger partial charge in [-0.3, -0.25) is 9.48 Å². The van der Waals surface area contributed by atoms with Crippen LogP contribution in [0.4, 0.5) is 0 Å². The highest BCUT2D eigenvalue weighted by Crippen LogP contribution is 2.34. The van der Waals surface area contributed by atoms with Gasteiger partial charge < -0.3 is 9.84 Å². The molecule has 3 rings (SSSR count). The fraction of sp³-hybridized carbons (Fsp3) is 0.647. The molecule has 0 atom stereocenters. The monoisotopic (exact) mass is 331 g/mol. The largest absolute Gasteiger partial charge is 0.343 e. The molecule has 1 fully saturated rings. The van der Waals surface area contributed by atoms with Crippen LogP contribution in [0.2, 0.25) is 0 Å². The quantitative estimate of drug-likeness (QED) is 0.851. The van der Waals surface area contributed by atoms with Crippen LogP contribution in [-0.4, -0.2) is 25.8 Å². The summed E-state index contributed by atoms with van der Waals surface area (Å²) >= 11 is 0. The summed E-state index contributed by atoms with van der Waals surface area (Å²) < 4.78 is 6.97. The van der Waals surface area contributed by atoms with Gasteiger partial charge in [-0.1, -0.05) is 30.8 Å². The van der Waals surface area contributed by atoms with Crippen LogP contribution in [0.15, 0.2) is 16.9 Å². The smallest absolute Gasteiger partial charge is 0.223 e. The van der Waals surface area contributed by atoms with Gasteiger partial charge in [0, 0.05) is 26.1 Å². The Hall–Kier alpha value is -2.18. The molecule has 1 N–H and O–H groups in total. The van der Waals surface area contributed by atoms with Gasteiger partial charge in [-0.25, -0.2) is 0 Å². The molecular formula is C17H25N5O2. The zero-order valence-electron chi connectivity index (χ0n) is 14.4. The zero-order chi connectivity index (χ0) is 17.0. The third-order valence-corrected chi connectivity index (χ3v) is 4.62. The van der Waals surface area contributed by atoms with Gasteiger partial charge in [0.1, 0.15) is 5.54 Å². The van der Waals surface area contributed by atoms with Gasteiger partial charge in [0.15, 0.2) is 5.82 Å². The number of aryl methyl sites for hydroxylation is 3. The molecule has 0 aromatic carbocycles. The maximum Gasteiger partial charge on any atom is 0.223 e. The van der Waals surface area contributed by atoms with Crippen LogP contribution >= 0.6 is 0 Å². The molecule has 1 saturated carbocycles. The summed E-state index contributed by atoms with van der Waals surface area (Å²) in [6, 6.07) is 0. The van der Waals surface area contributed by atoms with Gasteiger partial charge in [0.25, 0.3) is 0 Å². The Balaban J connectivity index is 1.70. The topological polar surface area (TPSA) is 85.8 Å². The van der Waals surface area contributed by atoms with E-state index in [-0.39, 0.29) is 5.91 Å². The van der Waals surface area contributed by atoms with Crippen LogP contribution < -0.4 is 5.32 Å². The Morgan fingerprint density at radius 2 is 2.04 bits per heavy atom. The van der Waals surface area contributed by atoms with Crippen molar-refractivity contribution in [2.45, 2.75) is 70.9 Å². The first-order valence-electron chi connectivity index (χ1n) is 8.68. The molecule has 0 saturated heterocycles. The standard InChI is InChI=1S/C17H25N5O2/c1-13-11-18-22(12-13)10-7-15(23)20-17(8-5-3-4-6-9-17)16-19-14(2)24-21-16/h11-12H,3-10H2,1-2H3,(H,20,23). The number of hydrogen-bond donors (Lipinski definition) is 1. The number of hydrogen-bond acceptors (Lipinski definition) is 5. The molecule has 2 aromatic rings. The average molecular weight is 331 g/mol. The highest BCUT2D eigenvalue weighted by Gasteiger charge is 2.38. The maximum absolute atomic E-state index is 12.6. The van der Waals surface area contributed by atoms with Crippen molar-refractivity contribution in [2.24, 2.45) is 0 Å². The highest BCUT2D eigenvalue weighted by atomic mass is 16.5. The Labute approximate surface area is 141 Å². The first-order chi connectivity index (χ1) is 11.6. The van der Waals surface area contributed by atoms with Crippen LogP contribution in [0.1, 0.15) is 62.2 Å². The van der Waals surface area contributed by atoms with Crippen molar-refractivity contribution in [2.75, 3.05) is 0 Å². The molecule has 7 nitrogen and oxygen atoms in total. The van der Waals surface area contributed by atoms with E-state index >= 15 is 0 Å². The molecule has 24 heavy (non-hydrogen) atoms. The van der Waals surface area contributed by atoms with Gasteiger partial charge in [-0.15, -0.1) is 0 Å². The van der Waals surface area contributed by atoms with E-state index in [0.29, 0.717) is 24.7 Å². The van der Waals surface area contributed by atoms with Gasteiger partial charge in [-0.05, 0) is 25.3 Å². The SMILES string of the molecule is Cc1cnn(CCC(=O)NC2(c3noc(C)n3)CCCCCC2)c1. The Bertz CT molecular complexity index is 683. The van der Waals surface area contributed by atoms with Gasteiger partial charge in [0.05, 0.1) is 6.20 Å². The summed E-state index contributed by atoms with van der Waals surface area (Å²) in [5.74, 6) is 1.16. The van der Waals surface area contributed by atoms with Crippen LogP contribution in [-0.2, 0) is 16.9 Å². The van der Waals surface area contributed by atoms with E-state index in [9.17, 15) is 4.79 Å². The van der Waals surface area contributed by atoms with E-state index in [1.54, 1.807) is 17.8 Å². The molecule has 2 heterocycles. The second kappa shape index (κ2) is 7.15. The van der Waals surface area contributed by atoms with Crippen molar-refractivity contribution in [1.29, 1.82) is 0 Å². The number of carbonyl (C=O) groups excluding carboxylic acids is 1. The van der Waals surface area contributed by atoms with Crippen molar-refractivity contribution in [3.63, 3.8) is 0 Å². The fourth-order valence-electron chi connectivity index (χ4n) is 3.36. The number of nitrogens with zero attached hydrogens (tertiary/aromatic N) is 4. The molecule has 1 amide bonds. The molecule has 1 aliphatic rings. The van der Waals surface area contributed by atoms with Crippen molar-refractivity contribution in [3.05, 3.63) is 29.7 Å². The Morgan fingerprint density at radius 1 is 1.29 bits per heavy atom. The maximum atomic E-state index is 12.6. The predicted molar refractivity (Wildman–Crippen MR) is 88.1 cm³/mol. The first-order valence-corrected chi connectivity index (χ1v) is 8.68. The molecule has 0 aliphatic heterocycles. The summed E-state index contributed by atoms with van der Waals surface area (Å²) in [4.78, 5) is 17.0. The summed E-state index contributed by atoms with van der Waals surface area (Å²) in [7, 11) is 0. The van der Waals surface area contributed by atoms with Crippen molar-refractivity contribution in [3.8, 4) is 0 Å². The van der Waals surface area contributed by atoms with Crippen molar-refractivity contribution in [1.82, 2.24) is 25.2 Å². The number of carbonyl (C=O) groups is 1. The Kier molecular flexibility index (Phi) is 4.97. The summed E-state index contributed by atoms with van der Waals surface area (Å²) in [6.45, 7) is 4.34. The molecule has 0 spiro atoms. The molecule has 0 radical (unpaired) electrons. The van der Waals surface area contributed by atoms with E-state index < -0.39 is 5.54 Å². The normalized spacial score (nSPS) is 17.4. The average Bonchev–Trinajstić information content (AvgIpc) is 3.10. The molecule has 130 valence electrons. The molecule has 7 heteroatoms. The van der Waals surface area contributed by atoms with Crippen molar-refractivity contribution < 1.29 is 9.32 Å². The second-order valence-electron chi connectivity index (χ2n) is 6.71. The summed E-state index contributed by atoms with van der Waals surface area (Å²) in [6.07, 6.45) is 10.3. The van der Waals surface area contributed by atoms with E-state index in [0.717, 1.165) is 31.2 Å². The summed E-state index contributed by atoms with van der Waals surface area (Å²) in [5, 5.41) is 11.5. The molecular weight excluding hydrogens is 306 g/mol. The van der Waals surface area contributed by atoms with E-state index in [2.05, 4.69) is 20.6 Å². The minimum Gasteiger partial charge on any atom is -0.343 e. The molecule has 1 aliphatic carbocycles. The van der Waals surface area contributed by atoms with Crippen LogP contribution in [0.25, 0.3) is 0 Å². The van der Waals surface area contributed by atoms with Crippen LogP contribution in [0.5, 0.6) is 0 Å². The minimum absolute atomic E-state index is 0.00695. The lowest BCUT2D eigenvalue weighted by Gasteiger charge is -2.30. The molecule has 0 unspecified atom stereocenters. The van der Waals surface area contributed by atoms with Gasteiger partial charge >= 0.3 is 0 Å². The number of nitrogens with one attached hydrogen (secondary N) is 1. The van der Waals surface area contributed by atoms with E-state index in [1.165, 1.54) is 12.8 Å². The van der Waals surface area contributed by atoms with E-state index in [4.69, 9.17) is 4.52 Å². The lowest BCUT2D eigenvalue weighted by atomic mass is 9.89. The number of aromatic nitrogens is 4. The third kappa shape index (κ3) is 3.83. The van der Waals surface area contributed by atoms with Gasteiger partial charge in [-0.2, -0.15) is 10.1 Å². The fourth-order valence-corrected chi connectivity index (χ4v) is 3.36.